The Kier molecular flexibility index (Phi) is 5.48. The topological polar surface area (TPSA) is 78.9 Å². The van der Waals surface area contributed by atoms with Gasteiger partial charge in [0.2, 0.25) is 0 Å². The Morgan fingerprint density at radius 2 is 2.24 bits per heavy atom. The number of hydrogen-bond acceptors (Lipinski definition) is 3. The molecule has 0 aromatic rings. The van der Waals surface area contributed by atoms with Gasteiger partial charge in [-0.2, -0.15) is 0 Å². The molecule has 0 radical (unpaired) electrons. The molecule has 17 heavy (non-hydrogen) atoms. The van der Waals surface area contributed by atoms with Crippen molar-refractivity contribution in [3.63, 3.8) is 0 Å². The lowest BCUT2D eigenvalue weighted by molar-refractivity contribution is -0.142. The van der Waals surface area contributed by atoms with Crippen LogP contribution >= 0.6 is 0 Å². The SMILES string of the molecule is C=CCN(C(=O)NCCOCC(=O)O)C1CC1. The van der Waals surface area contributed by atoms with Gasteiger partial charge in [-0.1, -0.05) is 6.08 Å². The summed E-state index contributed by atoms with van der Waals surface area (Å²) in [4.78, 5) is 23.6. The van der Waals surface area contributed by atoms with E-state index in [1.165, 1.54) is 0 Å². The van der Waals surface area contributed by atoms with E-state index in [0.29, 0.717) is 19.1 Å². The lowest BCUT2D eigenvalue weighted by Crippen LogP contribution is -2.42. The number of nitrogens with one attached hydrogen (secondary N) is 1. The fraction of sp³-hybridized carbons (Fsp3) is 0.636. The van der Waals surface area contributed by atoms with Crippen LogP contribution in [0, 0.1) is 0 Å². The molecule has 0 unspecified atom stereocenters. The fourth-order valence-corrected chi connectivity index (χ4v) is 1.41. The van der Waals surface area contributed by atoms with Crippen LogP contribution in [0.15, 0.2) is 12.7 Å². The number of amides is 2. The monoisotopic (exact) mass is 242 g/mol. The van der Waals surface area contributed by atoms with E-state index >= 15 is 0 Å². The Morgan fingerprint density at radius 3 is 2.76 bits per heavy atom. The van der Waals surface area contributed by atoms with Crippen molar-refractivity contribution in [2.45, 2.75) is 18.9 Å². The molecule has 0 aromatic heterocycles. The van der Waals surface area contributed by atoms with E-state index in [4.69, 9.17) is 9.84 Å². The Labute approximate surface area is 100 Å². The van der Waals surface area contributed by atoms with E-state index in [9.17, 15) is 9.59 Å². The van der Waals surface area contributed by atoms with Crippen molar-refractivity contribution in [3.8, 4) is 0 Å². The quantitative estimate of drug-likeness (QED) is 0.478. The molecule has 0 aromatic carbocycles. The third-order valence-corrected chi connectivity index (χ3v) is 2.32. The zero-order valence-electron chi connectivity index (χ0n) is 9.72. The summed E-state index contributed by atoms with van der Waals surface area (Å²) in [5.41, 5.74) is 0. The van der Waals surface area contributed by atoms with Crippen molar-refractivity contribution in [3.05, 3.63) is 12.7 Å². The largest absolute Gasteiger partial charge is 0.480 e. The van der Waals surface area contributed by atoms with Gasteiger partial charge < -0.3 is 20.1 Å². The molecule has 0 aliphatic heterocycles. The van der Waals surface area contributed by atoms with Crippen LogP contribution in [0.25, 0.3) is 0 Å². The second-order valence-electron chi connectivity index (χ2n) is 3.85. The smallest absolute Gasteiger partial charge is 0.329 e. The van der Waals surface area contributed by atoms with Gasteiger partial charge in [-0.3, -0.25) is 0 Å². The van der Waals surface area contributed by atoms with E-state index in [2.05, 4.69) is 11.9 Å². The minimum absolute atomic E-state index is 0.147. The van der Waals surface area contributed by atoms with Crippen molar-refractivity contribution >= 4 is 12.0 Å². The summed E-state index contributed by atoms with van der Waals surface area (Å²) in [6.45, 7) is 4.32. The van der Waals surface area contributed by atoms with Crippen LogP contribution in [0.1, 0.15) is 12.8 Å². The highest BCUT2D eigenvalue weighted by Gasteiger charge is 2.31. The number of nitrogens with zero attached hydrogens (tertiary/aromatic N) is 1. The van der Waals surface area contributed by atoms with Gasteiger partial charge in [0.05, 0.1) is 6.61 Å². The Bertz CT molecular complexity index is 289. The van der Waals surface area contributed by atoms with Crippen molar-refractivity contribution in [2.24, 2.45) is 0 Å². The first kappa shape index (κ1) is 13.5. The fourth-order valence-electron chi connectivity index (χ4n) is 1.41. The molecule has 1 rings (SSSR count). The number of carbonyl (C=O) groups is 2. The summed E-state index contributed by atoms with van der Waals surface area (Å²) in [5.74, 6) is -1.01. The summed E-state index contributed by atoms with van der Waals surface area (Å²) < 4.78 is 4.81. The molecule has 96 valence electrons. The third kappa shape index (κ3) is 5.35. The molecule has 1 saturated carbocycles. The molecule has 0 atom stereocenters. The minimum Gasteiger partial charge on any atom is -0.480 e. The summed E-state index contributed by atoms with van der Waals surface area (Å²) in [5, 5.41) is 11.0. The lowest BCUT2D eigenvalue weighted by Gasteiger charge is -2.21. The summed E-state index contributed by atoms with van der Waals surface area (Å²) in [6, 6.07) is 0.180. The van der Waals surface area contributed by atoms with Gasteiger partial charge in [0.25, 0.3) is 0 Å². The van der Waals surface area contributed by atoms with E-state index in [0.717, 1.165) is 12.8 Å². The number of rotatable bonds is 8. The Hall–Kier alpha value is -1.56. The van der Waals surface area contributed by atoms with Crippen molar-refractivity contribution < 1.29 is 19.4 Å². The third-order valence-electron chi connectivity index (χ3n) is 2.32. The van der Waals surface area contributed by atoms with Gasteiger partial charge in [-0.05, 0) is 12.8 Å². The van der Waals surface area contributed by atoms with Gasteiger partial charge in [0.15, 0.2) is 0 Å². The van der Waals surface area contributed by atoms with Crippen LogP contribution in [0.2, 0.25) is 0 Å². The van der Waals surface area contributed by atoms with Gasteiger partial charge in [0, 0.05) is 19.1 Å². The summed E-state index contributed by atoms with van der Waals surface area (Å²) >= 11 is 0. The van der Waals surface area contributed by atoms with E-state index in [1.807, 2.05) is 0 Å². The number of carboxylic acid groups (broad SMARTS) is 1. The minimum atomic E-state index is -1.01. The molecule has 0 bridgehead atoms. The number of ether oxygens (including phenoxy) is 1. The molecule has 2 amide bonds. The molecule has 1 aliphatic carbocycles. The van der Waals surface area contributed by atoms with Crippen LogP contribution in [-0.4, -0.2) is 54.4 Å². The molecule has 0 heterocycles. The van der Waals surface area contributed by atoms with E-state index in [1.54, 1.807) is 11.0 Å². The Morgan fingerprint density at radius 1 is 1.53 bits per heavy atom. The predicted octanol–water partition coefficient (Wildman–Crippen LogP) is 0.448. The first-order valence-corrected chi connectivity index (χ1v) is 5.60. The standard InChI is InChI=1S/C11H18N2O4/c1-2-6-13(9-3-4-9)11(16)12-5-7-17-8-10(14)15/h2,9H,1,3-8H2,(H,12,16)(H,14,15). The van der Waals surface area contributed by atoms with Crippen molar-refractivity contribution in [1.29, 1.82) is 0 Å². The molecule has 0 saturated heterocycles. The van der Waals surface area contributed by atoms with Gasteiger partial charge in [0.1, 0.15) is 6.61 Å². The maximum Gasteiger partial charge on any atom is 0.329 e. The normalized spacial score (nSPS) is 14.1. The number of aliphatic carboxylic acids is 1. The van der Waals surface area contributed by atoms with E-state index < -0.39 is 5.97 Å². The maximum absolute atomic E-state index is 11.7. The van der Waals surface area contributed by atoms with Gasteiger partial charge in [-0.25, -0.2) is 9.59 Å². The number of hydrogen-bond donors (Lipinski definition) is 2. The second-order valence-corrected chi connectivity index (χ2v) is 3.85. The molecule has 1 aliphatic rings. The highest BCUT2D eigenvalue weighted by molar-refractivity contribution is 5.75. The lowest BCUT2D eigenvalue weighted by atomic mass is 10.4. The Balaban J connectivity index is 2.14. The summed E-state index contributed by atoms with van der Waals surface area (Å²) in [6.07, 6.45) is 3.77. The predicted molar refractivity (Wildman–Crippen MR) is 61.8 cm³/mol. The van der Waals surface area contributed by atoms with Crippen LogP contribution in [0.4, 0.5) is 4.79 Å². The van der Waals surface area contributed by atoms with Crippen LogP contribution < -0.4 is 5.32 Å². The highest BCUT2D eigenvalue weighted by Crippen LogP contribution is 2.26. The number of carbonyl (C=O) groups excluding carboxylic acids is 1. The first-order valence-electron chi connectivity index (χ1n) is 5.60. The summed E-state index contributed by atoms with van der Waals surface area (Å²) in [7, 11) is 0. The zero-order valence-corrected chi connectivity index (χ0v) is 9.72. The molecule has 6 nitrogen and oxygen atoms in total. The molecule has 6 heteroatoms. The molecule has 1 fully saturated rings. The van der Waals surface area contributed by atoms with Gasteiger partial charge >= 0.3 is 12.0 Å². The highest BCUT2D eigenvalue weighted by atomic mass is 16.5. The second kappa shape index (κ2) is 6.90. The van der Waals surface area contributed by atoms with Crippen LogP contribution in [-0.2, 0) is 9.53 Å². The molecular formula is C11H18N2O4. The maximum atomic E-state index is 11.7. The van der Waals surface area contributed by atoms with Crippen LogP contribution in [0.5, 0.6) is 0 Å². The zero-order chi connectivity index (χ0) is 12.7. The number of urea groups is 1. The first-order chi connectivity index (χ1) is 8.15. The van der Waals surface area contributed by atoms with Gasteiger partial charge in [-0.15, -0.1) is 6.58 Å². The van der Waals surface area contributed by atoms with Crippen molar-refractivity contribution in [1.82, 2.24) is 10.2 Å². The number of carboxylic acids is 1. The van der Waals surface area contributed by atoms with Crippen molar-refractivity contribution in [2.75, 3.05) is 26.3 Å². The van der Waals surface area contributed by atoms with E-state index in [-0.39, 0.29) is 19.2 Å². The van der Waals surface area contributed by atoms with Crippen LogP contribution in [0.3, 0.4) is 0 Å². The molecule has 0 spiro atoms. The molecular weight excluding hydrogens is 224 g/mol. The average molecular weight is 242 g/mol. The average Bonchev–Trinajstić information content (AvgIpc) is 3.08. The molecule has 2 N–H and O–H groups in total.